The van der Waals surface area contributed by atoms with Crippen molar-refractivity contribution in [2.45, 2.75) is 0 Å². The molecule has 13 heavy (non-hydrogen) atoms. The second kappa shape index (κ2) is 3.69. The fourth-order valence-electron chi connectivity index (χ4n) is 0.877. The lowest BCUT2D eigenvalue weighted by atomic mass is 10.1. The number of rotatable bonds is 2. The molecule has 68 valence electrons. The highest BCUT2D eigenvalue weighted by Crippen LogP contribution is 2.03. The van der Waals surface area contributed by atoms with E-state index in [1.165, 1.54) is 5.37 Å². The standard InChI is InChI=1S/C10H11O2S/c1-13(2,12)8-10(11)9-6-4-3-5-7-9/h4-8H,1-2H3/q+1. The van der Waals surface area contributed by atoms with E-state index in [2.05, 4.69) is 6.08 Å². The van der Waals surface area contributed by atoms with Gasteiger partial charge in [0.15, 0.2) is 0 Å². The maximum absolute atomic E-state index is 11.4. The van der Waals surface area contributed by atoms with Gasteiger partial charge in [-0.05, 0) is 9.52 Å². The van der Waals surface area contributed by atoms with Gasteiger partial charge in [-0.1, -0.05) is 0 Å². The van der Waals surface area contributed by atoms with Crippen LogP contribution in [0.15, 0.2) is 29.9 Å². The van der Waals surface area contributed by atoms with Gasteiger partial charge in [-0.15, -0.1) is 0 Å². The zero-order valence-corrected chi connectivity index (χ0v) is 8.43. The number of hydrogen-bond donors (Lipinski definition) is 0. The third kappa shape index (κ3) is 3.36. The van der Waals surface area contributed by atoms with Crippen molar-refractivity contribution < 1.29 is 9.00 Å². The van der Waals surface area contributed by atoms with Gasteiger partial charge in [0.05, 0.1) is 12.2 Å². The Labute approximate surface area is 78.7 Å². The van der Waals surface area contributed by atoms with Crippen LogP contribution in [0.5, 0.6) is 0 Å². The number of hydrogen-bond acceptors (Lipinski definition) is 2. The second-order valence-corrected chi connectivity index (χ2v) is 5.93. The van der Waals surface area contributed by atoms with Crippen LogP contribution in [0.2, 0.25) is 0 Å². The summed E-state index contributed by atoms with van der Waals surface area (Å²) in [6.07, 6.45) is 12.5. The number of ketones is 1. The van der Waals surface area contributed by atoms with Crippen LogP contribution in [-0.4, -0.2) is 27.9 Å². The average molecular weight is 195 g/mol. The third-order valence-electron chi connectivity index (χ3n) is 1.39. The van der Waals surface area contributed by atoms with Crippen LogP contribution >= 0.6 is 0 Å². The first-order valence-corrected chi connectivity index (χ1v) is 6.22. The molecule has 0 aromatic heterocycles. The summed E-state index contributed by atoms with van der Waals surface area (Å²) >= 11 is 0. The second-order valence-electron chi connectivity index (χ2n) is 3.08. The topological polar surface area (TPSA) is 34.1 Å². The van der Waals surface area contributed by atoms with Crippen LogP contribution in [0, 0.1) is 6.08 Å². The molecule has 0 radical (unpaired) electrons. The van der Waals surface area contributed by atoms with Crippen molar-refractivity contribution >= 4 is 20.7 Å². The lowest BCUT2D eigenvalue weighted by Crippen LogP contribution is -2.10. The van der Waals surface area contributed by atoms with Crippen molar-refractivity contribution in [3.05, 3.63) is 36.0 Å². The third-order valence-corrected chi connectivity index (χ3v) is 2.18. The molecule has 0 unspecified atom stereocenters. The molecule has 1 aliphatic rings. The molecule has 0 heterocycles. The molecule has 0 saturated carbocycles. The number of carbonyl (C=O) groups excluding carboxylic acids is 1. The highest BCUT2D eigenvalue weighted by Gasteiger charge is 2.11. The van der Waals surface area contributed by atoms with E-state index in [-0.39, 0.29) is 5.78 Å². The minimum absolute atomic E-state index is 0.191. The molecule has 0 aromatic rings. The van der Waals surface area contributed by atoms with Crippen LogP contribution < -0.4 is 0 Å². The molecule has 2 nitrogen and oxygen atoms in total. The lowest BCUT2D eigenvalue weighted by molar-refractivity contribution is -0.109. The monoisotopic (exact) mass is 195 g/mol. The van der Waals surface area contributed by atoms with Gasteiger partial charge in [-0.25, -0.2) is 0 Å². The highest BCUT2D eigenvalue weighted by atomic mass is 32.2. The Morgan fingerprint density at radius 1 is 1.54 bits per heavy atom. The molecule has 3 heteroatoms. The summed E-state index contributed by atoms with van der Waals surface area (Å²) in [4.78, 5) is 11.4. The molecule has 1 aliphatic carbocycles. The largest absolute Gasteiger partial charge is 0.286 e. The molecule has 0 amide bonds. The van der Waals surface area contributed by atoms with E-state index in [9.17, 15) is 9.00 Å². The SMILES string of the molecule is CS(C)(=O)=CC(=O)C1=CC=[C+]C=C1. The first-order chi connectivity index (χ1) is 5.99. The Morgan fingerprint density at radius 3 is 2.69 bits per heavy atom. The molecule has 0 saturated heterocycles. The Hall–Kier alpha value is -1.18. The number of allylic oxidation sites excluding steroid dienone is 6. The summed E-state index contributed by atoms with van der Waals surface area (Å²) in [5.74, 6) is -0.191. The Balaban J connectivity index is 2.94. The fourth-order valence-corrected chi connectivity index (χ4v) is 1.53. The maximum atomic E-state index is 11.4. The van der Waals surface area contributed by atoms with E-state index < -0.39 is 9.52 Å². The van der Waals surface area contributed by atoms with Crippen molar-refractivity contribution in [3.63, 3.8) is 0 Å². The normalized spacial score (nSPS) is 14.8. The number of carbonyl (C=O) groups is 1. The minimum Gasteiger partial charge on any atom is -0.286 e. The molecule has 0 spiro atoms. The van der Waals surface area contributed by atoms with E-state index in [4.69, 9.17) is 0 Å². The molecule has 1 rings (SSSR count). The first kappa shape index (κ1) is 9.90. The van der Waals surface area contributed by atoms with Crippen molar-refractivity contribution in [2.24, 2.45) is 0 Å². The fraction of sp³-hybridized carbons (Fsp3) is 0.200. The molecule has 0 bridgehead atoms. The maximum Gasteiger partial charge on any atom is 0.220 e. The van der Waals surface area contributed by atoms with Gasteiger partial charge in [0.1, 0.15) is 17.7 Å². The van der Waals surface area contributed by atoms with E-state index in [1.807, 2.05) is 0 Å². The smallest absolute Gasteiger partial charge is 0.220 e. The van der Waals surface area contributed by atoms with Crippen LogP contribution in [0.4, 0.5) is 0 Å². The van der Waals surface area contributed by atoms with Crippen molar-refractivity contribution in [2.75, 3.05) is 12.5 Å². The average Bonchev–Trinajstić information content (AvgIpc) is 2.03. The van der Waals surface area contributed by atoms with Crippen LogP contribution in [-0.2, 0) is 14.3 Å². The Kier molecular flexibility index (Phi) is 2.81. The molecule has 0 aromatic carbocycles. The van der Waals surface area contributed by atoms with Crippen molar-refractivity contribution in [1.82, 2.24) is 0 Å². The summed E-state index contributed by atoms with van der Waals surface area (Å²) in [7, 11) is -2.11. The summed E-state index contributed by atoms with van der Waals surface area (Å²) in [5, 5.41) is 1.27. The van der Waals surface area contributed by atoms with Crippen molar-refractivity contribution in [1.29, 1.82) is 0 Å². The molecule has 0 N–H and O–H groups in total. The summed E-state index contributed by atoms with van der Waals surface area (Å²) in [5.41, 5.74) is 0.551. The zero-order chi connectivity index (χ0) is 9.90. The van der Waals surface area contributed by atoms with E-state index in [0.717, 1.165) is 0 Å². The molecular weight excluding hydrogens is 184 g/mol. The van der Waals surface area contributed by atoms with Gasteiger partial charge in [0.2, 0.25) is 5.78 Å². The minimum atomic E-state index is -2.11. The quantitative estimate of drug-likeness (QED) is 0.481. The molecule has 0 fully saturated rings. The van der Waals surface area contributed by atoms with Crippen LogP contribution in [0.3, 0.4) is 0 Å². The van der Waals surface area contributed by atoms with Crippen LogP contribution in [0.25, 0.3) is 0 Å². The van der Waals surface area contributed by atoms with E-state index in [1.54, 1.807) is 36.8 Å². The predicted molar refractivity (Wildman–Crippen MR) is 56.1 cm³/mol. The van der Waals surface area contributed by atoms with Crippen LogP contribution in [0.1, 0.15) is 0 Å². The van der Waals surface area contributed by atoms with E-state index in [0.29, 0.717) is 5.57 Å². The first-order valence-electron chi connectivity index (χ1n) is 3.78. The zero-order valence-electron chi connectivity index (χ0n) is 7.61. The summed E-state index contributed by atoms with van der Waals surface area (Å²) in [6.45, 7) is 0. The van der Waals surface area contributed by atoms with Gasteiger partial charge < -0.3 is 0 Å². The Morgan fingerprint density at radius 2 is 2.23 bits per heavy atom. The van der Waals surface area contributed by atoms with Gasteiger partial charge in [-0.3, -0.25) is 9.00 Å². The van der Waals surface area contributed by atoms with Gasteiger partial charge in [0, 0.05) is 24.0 Å². The number of Topliss-reactive ketones (excluding diaryl/α,β-unsaturated/α-hetero) is 1. The van der Waals surface area contributed by atoms with E-state index >= 15 is 0 Å². The van der Waals surface area contributed by atoms with Gasteiger partial charge in [-0.2, -0.15) is 0 Å². The lowest BCUT2D eigenvalue weighted by Gasteiger charge is -1.93. The predicted octanol–water partition coefficient (Wildman–Crippen LogP) is 0.757. The molecule has 0 atom stereocenters. The molecule has 0 aliphatic heterocycles. The molecular formula is C10H11O2S+. The van der Waals surface area contributed by atoms with Gasteiger partial charge >= 0.3 is 0 Å². The van der Waals surface area contributed by atoms with Gasteiger partial charge in [0.25, 0.3) is 0 Å². The summed E-state index contributed by atoms with van der Waals surface area (Å²) < 4.78 is 11.3. The highest BCUT2D eigenvalue weighted by molar-refractivity contribution is 8.01. The van der Waals surface area contributed by atoms with Crippen molar-refractivity contribution in [3.8, 4) is 0 Å². The summed E-state index contributed by atoms with van der Waals surface area (Å²) in [6, 6.07) is 0. The Bertz CT molecular complexity index is 408.